The molecule has 0 aromatic heterocycles. The normalized spacial score (nSPS) is 13.5. The quantitative estimate of drug-likeness (QED) is 0.0362. The van der Waals surface area contributed by atoms with E-state index in [1.165, 1.54) is 244 Å². The number of aliphatic hydroxyl groups excluding tert-OH is 3. The second-order valence-corrected chi connectivity index (χ2v) is 19.2. The van der Waals surface area contributed by atoms with Gasteiger partial charge in [0.2, 0.25) is 5.91 Å². The lowest BCUT2D eigenvalue weighted by Crippen LogP contribution is -2.45. The van der Waals surface area contributed by atoms with Crippen LogP contribution in [0, 0.1) is 0 Å². The van der Waals surface area contributed by atoms with Crippen molar-refractivity contribution in [2.75, 3.05) is 6.61 Å². The van der Waals surface area contributed by atoms with Crippen LogP contribution in [0.5, 0.6) is 0 Å². The lowest BCUT2D eigenvalue weighted by atomic mass is 10.0. The van der Waals surface area contributed by atoms with Crippen molar-refractivity contribution in [1.29, 1.82) is 0 Å². The minimum Gasteiger partial charge on any atom is -0.394 e. The van der Waals surface area contributed by atoms with Crippen LogP contribution in [0.2, 0.25) is 0 Å². The summed E-state index contributed by atoms with van der Waals surface area (Å²) in [5.41, 5.74) is 0. The lowest BCUT2D eigenvalue weighted by molar-refractivity contribution is -0.124. The van der Waals surface area contributed by atoms with Crippen LogP contribution in [-0.2, 0) is 4.79 Å². The predicted molar refractivity (Wildman–Crippen MR) is 268 cm³/mol. The first-order chi connectivity index (χ1) is 30.0. The highest BCUT2D eigenvalue weighted by atomic mass is 16.3. The molecule has 0 radical (unpaired) electrons. The maximum absolute atomic E-state index is 12.5. The summed E-state index contributed by atoms with van der Waals surface area (Å²) < 4.78 is 0. The Kier molecular flexibility index (Phi) is 50.5. The maximum Gasteiger partial charge on any atom is 0.222 e. The Hall–Kier alpha value is -1.17. The van der Waals surface area contributed by atoms with Crippen LogP contribution >= 0.6 is 0 Å². The third-order valence-electron chi connectivity index (χ3n) is 13.0. The Morgan fingerprint density at radius 2 is 0.705 bits per heavy atom. The fourth-order valence-electron chi connectivity index (χ4n) is 8.77. The second-order valence-electron chi connectivity index (χ2n) is 19.2. The monoisotopic (exact) mass is 860 g/mol. The molecule has 362 valence electrons. The molecule has 3 atom stereocenters. The van der Waals surface area contributed by atoms with E-state index < -0.39 is 18.2 Å². The summed E-state index contributed by atoms with van der Waals surface area (Å²) in [6, 6.07) is -0.759. The molecular formula is C56H109NO4. The summed E-state index contributed by atoms with van der Waals surface area (Å²) in [5.74, 6) is -0.319. The number of aliphatic hydroxyl groups is 3. The van der Waals surface area contributed by atoms with Crippen LogP contribution < -0.4 is 5.32 Å². The smallest absolute Gasteiger partial charge is 0.222 e. The van der Waals surface area contributed by atoms with Gasteiger partial charge in [-0.05, 0) is 32.1 Å². The molecule has 0 fully saturated rings. The van der Waals surface area contributed by atoms with Crippen LogP contribution in [0.1, 0.15) is 303 Å². The molecule has 5 heteroatoms. The van der Waals surface area contributed by atoms with Gasteiger partial charge in [-0.3, -0.25) is 4.79 Å². The standard InChI is InChI=1S/C56H109NO4/c1-3-5-7-9-11-13-15-17-19-21-23-25-27-29-31-33-35-37-39-41-43-45-47-49-53(59)51-56(61)57-54(52-58)55(60)50-48-46-44-42-40-38-36-34-32-30-28-26-24-22-20-18-16-14-12-10-8-6-4-2/h40,42,48,50,53-55,58-60H,3-39,41,43-47,49,51-52H2,1-2H3,(H,57,61)/b42-40+,50-48+. The van der Waals surface area contributed by atoms with Crippen molar-refractivity contribution in [2.45, 2.75) is 321 Å². The van der Waals surface area contributed by atoms with Gasteiger partial charge in [-0.25, -0.2) is 0 Å². The van der Waals surface area contributed by atoms with Gasteiger partial charge >= 0.3 is 0 Å². The van der Waals surface area contributed by atoms with Crippen molar-refractivity contribution in [2.24, 2.45) is 0 Å². The highest BCUT2D eigenvalue weighted by Crippen LogP contribution is 2.18. The number of amides is 1. The fourth-order valence-corrected chi connectivity index (χ4v) is 8.77. The first-order valence-corrected chi connectivity index (χ1v) is 27.6. The minimum atomic E-state index is -0.950. The van der Waals surface area contributed by atoms with Crippen LogP contribution in [0.3, 0.4) is 0 Å². The van der Waals surface area contributed by atoms with Gasteiger partial charge in [-0.15, -0.1) is 0 Å². The first-order valence-electron chi connectivity index (χ1n) is 27.6. The molecule has 5 nitrogen and oxygen atoms in total. The van der Waals surface area contributed by atoms with E-state index in [0.717, 1.165) is 32.1 Å². The van der Waals surface area contributed by atoms with E-state index in [1.807, 2.05) is 6.08 Å². The van der Waals surface area contributed by atoms with Gasteiger partial charge in [0.1, 0.15) is 0 Å². The maximum atomic E-state index is 12.5. The van der Waals surface area contributed by atoms with Crippen molar-refractivity contribution in [3.8, 4) is 0 Å². The van der Waals surface area contributed by atoms with E-state index in [2.05, 4.69) is 31.3 Å². The van der Waals surface area contributed by atoms with Gasteiger partial charge in [0, 0.05) is 0 Å². The average Bonchev–Trinajstić information content (AvgIpc) is 3.25. The number of carbonyl (C=O) groups excluding carboxylic acids is 1. The Balaban J connectivity index is 3.59. The van der Waals surface area contributed by atoms with Crippen LogP contribution in [-0.4, -0.2) is 46.1 Å². The zero-order chi connectivity index (χ0) is 44.4. The van der Waals surface area contributed by atoms with Crippen molar-refractivity contribution in [1.82, 2.24) is 5.32 Å². The van der Waals surface area contributed by atoms with E-state index in [-0.39, 0.29) is 18.9 Å². The number of rotatable bonds is 51. The molecule has 0 saturated heterocycles. The lowest BCUT2D eigenvalue weighted by Gasteiger charge is -2.21. The van der Waals surface area contributed by atoms with Gasteiger partial charge in [0.05, 0.1) is 31.3 Å². The number of carbonyl (C=O) groups is 1. The topological polar surface area (TPSA) is 89.8 Å². The van der Waals surface area contributed by atoms with Gasteiger partial charge in [0.25, 0.3) is 0 Å². The fraction of sp³-hybridized carbons (Fsp3) is 0.911. The number of allylic oxidation sites excluding steroid dienone is 3. The number of unbranched alkanes of at least 4 members (excludes halogenated alkanes) is 40. The zero-order valence-electron chi connectivity index (χ0n) is 41.3. The van der Waals surface area contributed by atoms with Crippen LogP contribution in [0.15, 0.2) is 24.3 Å². The highest BCUT2D eigenvalue weighted by molar-refractivity contribution is 5.76. The molecule has 4 N–H and O–H groups in total. The van der Waals surface area contributed by atoms with Gasteiger partial charge < -0.3 is 20.6 Å². The molecule has 1 amide bonds. The Labute approximate surface area is 382 Å². The third kappa shape index (κ3) is 48.1. The summed E-state index contributed by atoms with van der Waals surface area (Å²) in [6.07, 6.45) is 65.1. The number of nitrogens with one attached hydrogen (secondary N) is 1. The molecule has 0 aliphatic heterocycles. The molecule has 0 spiro atoms. The minimum absolute atomic E-state index is 0.0104. The summed E-state index contributed by atoms with van der Waals surface area (Å²) in [4.78, 5) is 12.5. The van der Waals surface area contributed by atoms with Crippen molar-refractivity contribution in [3.63, 3.8) is 0 Å². The Morgan fingerprint density at radius 1 is 0.410 bits per heavy atom. The van der Waals surface area contributed by atoms with Gasteiger partial charge in [0.15, 0.2) is 0 Å². The highest BCUT2D eigenvalue weighted by Gasteiger charge is 2.20. The molecule has 0 aromatic rings. The molecule has 0 bridgehead atoms. The molecule has 0 rings (SSSR count). The summed E-state index contributed by atoms with van der Waals surface area (Å²) in [7, 11) is 0. The van der Waals surface area contributed by atoms with E-state index in [9.17, 15) is 20.1 Å². The molecule has 0 aromatic carbocycles. The molecule has 61 heavy (non-hydrogen) atoms. The van der Waals surface area contributed by atoms with Crippen LogP contribution in [0.25, 0.3) is 0 Å². The zero-order valence-corrected chi connectivity index (χ0v) is 41.3. The van der Waals surface area contributed by atoms with Crippen LogP contribution in [0.4, 0.5) is 0 Å². The van der Waals surface area contributed by atoms with Crippen molar-refractivity contribution >= 4 is 5.91 Å². The summed E-state index contributed by atoms with van der Waals surface area (Å²) in [5, 5.41) is 33.4. The molecule has 0 aliphatic rings. The second kappa shape index (κ2) is 51.5. The summed E-state index contributed by atoms with van der Waals surface area (Å²) in [6.45, 7) is 4.24. The largest absolute Gasteiger partial charge is 0.394 e. The predicted octanol–water partition coefficient (Wildman–Crippen LogP) is 16.9. The summed E-state index contributed by atoms with van der Waals surface area (Å²) >= 11 is 0. The molecule has 0 heterocycles. The third-order valence-corrected chi connectivity index (χ3v) is 13.0. The van der Waals surface area contributed by atoms with Crippen molar-refractivity contribution in [3.05, 3.63) is 24.3 Å². The number of hydrogen-bond acceptors (Lipinski definition) is 4. The molecule has 0 saturated carbocycles. The van der Waals surface area contributed by atoms with E-state index in [0.29, 0.717) is 6.42 Å². The first kappa shape index (κ1) is 59.8. The Bertz CT molecular complexity index is 905. The van der Waals surface area contributed by atoms with Gasteiger partial charge in [-0.2, -0.15) is 0 Å². The van der Waals surface area contributed by atoms with Gasteiger partial charge in [-0.1, -0.05) is 289 Å². The number of hydrogen-bond donors (Lipinski definition) is 4. The molecule has 0 aliphatic carbocycles. The van der Waals surface area contributed by atoms with Crippen molar-refractivity contribution < 1.29 is 20.1 Å². The van der Waals surface area contributed by atoms with E-state index in [4.69, 9.17) is 0 Å². The van der Waals surface area contributed by atoms with E-state index >= 15 is 0 Å². The Morgan fingerprint density at radius 3 is 1.05 bits per heavy atom. The molecule has 3 unspecified atom stereocenters. The molecular weight excluding hydrogens is 751 g/mol. The SMILES string of the molecule is CCCCCCCCCCCCCCCCCCC/C=C/CC/C=C/C(O)C(CO)NC(=O)CC(O)CCCCCCCCCCCCCCCCCCCCCCCCC. The van der Waals surface area contributed by atoms with E-state index in [1.54, 1.807) is 6.08 Å². The average molecular weight is 860 g/mol.